The number of nitrogens with zero attached hydrogens (tertiary/aromatic N) is 1. The molecule has 0 heterocycles. The molecule has 0 saturated carbocycles. The van der Waals surface area contributed by atoms with Gasteiger partial charge in [-0.05, 0) is 0 Å². The fraction of sp³-hybridized carbons (Fsp3) is 1.00. The van der Waals surface area contributed by atoms with E-state index in [1.54, 1.807) is 15.8 Å². The van der Waals surface area contributed by atoms with Crippen LogP contribution in [0.25, 0.3) is 0 Å². The molecule has 0 bridgehead atoms. The molecule has 1 nitrogen and oxygen atoms in total. The molecule has 0 amide bonds. The van der Waals surface area contributed by atoms with Crippen LogP contribution in [0.5, 0.6) is 0 Å². The Balaban J connectivity index is 4.46. The van der Waals surface area contributed by atoms with Crippen molar-refractivity contribution in [2.45, 2.75) is 75.1 Å². The fourth-order valence-corrected chi connectivity index (χ4v) is 13.3. The first-order chi connectivity index (χ1) is 7.63. The van der Waals surface area contributed by atoms with Gasteiger partial charge in [0.2, 0.25) is 0 Å². The van der Waals surface area contributed by atoms with Gasteiger partial charge in [0.15, 0.2) is 0 Å². The molecule has 0 aromatic heterocycles. The first kappa shape index (κ1) is 16.5. The van der Waals surface area contributed by atoms with E-state index >= 15 is 0 Å². The fourth-order valence-electron chi connectivity index (χ4n) is 2.56. The molecule has 0 saturated heterocycles. The summed E-state index contributed by atoms with van der Waals surface area (Å²) in [6.45, 7) is 7.01. The van der Waals surface area contributed by atoms with Gasteiger partial charge in [0.05, 0.1) is 0 Å². The Kier molecular flexibility index (Phi) is 9.82. The summed E-state index contributed by atoms with van der Waals surface area (Å²) in [7, 11) is 4.72. The normalized spacial score (nSPS) is 12.4. The SMILES string of the molecule is CCC[CH2][Ge]([CH2]CCC)([CH2]CCC)[N](C)C. The van der Waals surface area contributed by atoms with E-state index in [9.17, 15) is 0 Å². The molecule has 0 unspecified atom stereocenters. The van der Waals surface area contributed by atoms with E-state index in [2.05, 4.69) is 38.7 Å². The van der Waals surface area contributed by atoms with Crippen LogP contribution in [-0.2, 0) is 0 Å². The summed E-state index contributed by atoms with van der Waals surface area (Å²) in [6, 6.07) is 0. The van der Waals surface area contributed by atoms with E-state index in [0.717, 1.165) is 0 Å². The zero-order chi connectivity index (χ0) is 12.4. The maximum absolute atomic E-state index is 2.70. The summed E-state index contributed by atoms with van der Waals surface area (Å²) in [5.41, 5.74) is 0. The molecule has 0 N–H and O–H groups in total. The molecule has 0 aromatic carbocycles. The van der Waals surface area contributed by atoms with Gasteiger partial charge in [0.1, 0.15) is 0 Å². The second kappa shape index (κ2) is 9.52. The first-order valence-corrected chi connectivity index (χ1v) is 12.7. The van der Waals surface area contributed by atoms with Gasteiger partial charge in [0.25, 0.3) is 0 Å². The van der Waals surface area contributed by atoms with Crippen LogP contribution in [0, 0.1) is 0 Å². The molecule has 2 heteroatoms. The summed E-state index contributed by atoms with van der Waals surface area (Å²) in [5, 5.41) is 4.72. The average molecular weight is 288 g/mol. The van der Waals surface area contributed by atoms with Crippen molar-refractivity contribution < 1.29 is 0 Å². The van der Waals surface area contributed by atoms with Gasteiger partial charge in [-0.1, -0.05) is 0 Å². The van der Waals surface area contributed by atoms with Crippen LogP contribution in [0.3, 0.4) is 0 Å². The summed E-state index contributed by atoms with van der Waals surface area (Å²) in [4.78, 5) is 0. The molecule has 0 aliphatic rings. The van der Waals surface area contributed by atoms with E-state index in [1.165, 1.54) is 38.5 Å². The molecule has 0 aliphatic carbocycles. The molecule has 0 spiro atoms. The number of unbranched alkanes of at least 4 members (excludes halogenated alkanes) is 3. The topological polar surface area (TPSA) is 3.24 Å². The first-order valence-electron chi connectivity index (χ1n) is 7.30. The van der Waals surface area contributed by atoms with Crippen LogP contribution in [0.1, 0.15) is 59.3 Å². The van der Waals surface area contributed by atoms with Crippen molar-refractivity contribution >= 4 is 13.5 Å². The predicted molar refractivity (Wildman–Crippen MR) is 78.6 cm³/mol. The Morgan fingerprint density at radius 2 is 1.00 bits per heavy atom. The molecular weight excluding hydrogens is 255 g/mol. The van der Waals surface area contributed by atoms with Gasteiger partial charge in [-0.25, -0.2) is 0 Å². The molecule has 0 radical (unpaired) electrons. The van der Waals surface area contributed by atoms with Crippen LogP contribution >= 0.6 is 0 Å². The third kappa shape index (κ3) is 5.72. The van der Waals surface area contributed by atoms with Crippen molar-refractivity contribution in [3.05, 3.63) is 0 Å². The van der Waals surface area contributed by atoms with Gasteiger partial charge in [-0.2, -0.15) is 0 Å². The molecule has 0 aromatic rings. The molecule has 16 heavy (non-hydrogen) atoms. The van der Waals surface area contributed by atoms with Crippen LogP contribution < -0.4 is 0 Å². The van der Waals surface area contributed by atoms with Crippen LogP contribution in [0.2, 0.25) is 15.8 Å². The van der Waals surface area contributed by atoms with E-state index in [4.69, 9.17) is 0 Å². The molecule has 0 aliphatic heterocycles. The number of hydrogen-bond acceptors (Lipinski definition) is 1. The van der Waals surface area contributed by atoms with Crippen LogP contribution in [0.4, 0.5) is 0 Å². The molecular formula is C14H33GeN. The van der Waals surface area contributed by atoms with Gasteiger partial charge in [-0.15, -0.1) is 0 Å². The molecule has 0 atom stereocenters. The zero-order valence-electron chi connectivity index (χ0n) is 12.3. The Hall–Kier alpha value is 0.503. The maximum atomic E-state index is 2.70. The Morgan fingerprint density at radius 3 is 1.19 bits per heavy atom. The minimum absolute atomic E-state index is 1.37. The van der Waals surface area contributed by atoms with E-state index in [-0.39, 0.29) is 0 Å². The summed E-state index contributed by atoms with van der Waals surface area (Å²) in [5.74, 6) is 0. The quantitative estimate of drug-likeness (QED) is 0.517. The van der Waals surface area contributed by atoms with Crippen molar-refractivity contribution in [3.63, 3.8) is 0 Å². The van der Waals surface area contributed by atoms with Crippen molar-refractivity contribution in [3.8, 4) is 0 Å². The van der Waals surface area contributed by atoms with Crippen LogP contribution in [0.15, 0.2) is 0 Å². The Labute approximate surface area is 107 Å². The van der Waals surface area contributed by atoms with E-state index < -0.39 is 13.5 Å². The Morgan fingerprint density at radius 1 is 0.688 bits per heavy atom. The van der Waals surface area contributed by atoms with Crippen molar-refractivity contribution in [1.82, 2.24) is 3.86 Å². The van der Waals surface area contributed by atoms with Crippen molar-refractivity contribution in [2.24, 2.45) is 0 Å². The number of rotatable bonds is 10. The predicted octanol–water partition coefficient (Wildman–Crippen LogP) is 4.89. The van der Waals surface area contributed by atoms with Gasteiger partial charge in [-0.3, -0.25) is 0 Å². The second-order valence-electron chi connectivity index (χ2n) is 5.43. The minimum atomic E-state index is -1.66. The summed E-state index contributed by atoms with van der Waals surface area (Å²) < 4.78 is 2.70. The third-order valence-corrected chi connectivity index (χ3v) is 16.0. The van der Waals surface area contributed by atoms with Gasteiger partial charge >= 0.3 is 106 Å². The van der Waals surface area contributed by atoms with Crippen molar-refractivity contribution in [2.75, 3.05) is 14.1 Å². The molecule has 0 rings (SSSR count). The second-order valence-corrected chi connectivity index (χ2v) is 15.6. The average Bonchev–Trinajstić information content (AvgIpc) is 2.28. The number of hydrogen-bond donors (Lipinski definition) is 0. The van der Waals surface area contributed by atoms with Crippen molar-refractivity contribution in [1.29, 1.82) is 0 Å². The van der Waals surface area contributed by atoms with Gasteiger partial charge < -0.3 is 0 Å². The van der Waals surface area contributed by atoms with Gasteiger partial charge in [0, 0.05) is 0 Å². The molecule has 0 fully saturated rings. The Bertz CT molecular complexity index is 135. The zero-order valence-corrected chi connectivity index (χ0v) is 14.4. The third-order valence-electron chi connectivity index (χ3n) is 3.94. The van der Waals surface area contributed by atoms with Crippen LogP contribution in [-0.4, -0.2) is 31.4 Å². The summed E-state index contributed by atoms with van der Waals surface area (Å²) >= 11 is -1.66. The monoisotopic (exact) mass is 289 g/mol. The summed E-state index contributed by atoms with van der Waals surface area (Å²) in [6.07, 6.45) is 8.51. The van der Waals surface area contributed by atoms with E-state index in [0.29, 0.717) is 0 Å². The molecule has 98 valence electrons. The standard InChI is InChI=1S/C14H33GeN/c1-6-9-12-15(16(4)5,13-10-7-2)14-11-8-3/h6-14H2,1-5H3. The van der Waals surface area contributed by atoms with E-state index in [1.807, 2.05) is 0 Å².